The summed E-state index contributed by atoms with van der Waals surface area (Å²) in [7, 11) is -2.12. The molecule has 1 fully saturated rings. The number of aryl methyl sites for hydroxylation is 1. The zero-order valence-corrected chi connectivity index (χ0v) is 16.3. The van der Waals surface area contributed by atoms with Crippen molar-refractivity contribution < 1.29 is 22.0 Å². The summed E-state index contributed by atoms with van der Waals surface area (Å²) in [6.45, 7) is 3.45. The van der Waals surface area contributed by atoms with Crippen LogP contribution in [-0.4, -0.2) is 56.2 Å². The minimum absolute atomic E-state index is 0.135. The Labute approximate surface area is 162 Å². The summed E-state index contributed by atoms with van der Waals surface area (Å²) >= 11 is 0. The van der Waals surface area contributed by atoms with Gasteiger partial charge in [-0.3, -0.25) is 0 Å². The summed E-state index contributed by atoms with van der Waals surface area (Å²) in [5.74, 6) is 1.39. The number of rotatable bonds is 5. The molecule has 0 N–H and O–H groups in total. The lowest BCUT2D eigenvalue weighted by molar-refractivity contribution is 0.359. The second-order valence-electron chi connectivity index (χ2n) is 6.34. The number of hydrogen-bond donors (Lipinski definition) is 0. The zero-order valence-electron chi connectivity index (χ0n) is 15.5. The third-order valence-electron chi connectivity index (χ3n) is 4.61. The quantitative estimate of drug-likeness (QED) is 0.637. The lowest BCUT2D eigenvalue weighted by Crippen LogP contribution is -2.48. The fourth-order valence-corrected chi connectivity index (χ4v) is 4.51. The largest absolute Gasteiger partial charge is 0.495 e. The minimum atomic E-state index is -3.74. The fraction of sp³-hybridized carbons (Fsp3) is 0.333. The highest BCUT2D eigenvalue weighted by Gasteiger charge is 2.32. The molecule has 0 bridgehead atoms. The lowest BCUT2D eigenvalue weighted by atomic mass is 10.2. The van der Waals surface area contributed by atoms with Crippen LogP contribution in [0.1, 0.15) is 5.89 Å². The van der Waals surface area contributed by atoms with Gasteiger partial charge in [0.1, 0.15) is 12.0 Å². The number of ether oxygens (including phenoxy) is 1. The van der Waals surface area contributed by atoms with E-state index in [0.717, 1.165) is 11.4 Å². The summed E-state index contributed by atoms with van der Waals surface area (Å²) in [6, 6.07) is 9.11. The molecular weight excluding hydrogens is 384 g/mol. The van der Waals surface area contributed by atoms with E-state index < -0.39 is 10.0 Å². The number of piperazine rings is 1. The van der Waals surface area contributed by atoms with Crippen LogP contribution in [0.15, 0.2) is 50.5 Å². The van der Waals surface area contributed by atoms with Crippen molar-refractivity contribution in [1.29, 1.82) is 0 Å². The van der Waals surface area contributed by atoms with Crippen molar-refractivity contribution in [2.24, 2.45) is 0 Å². The van der Waals surface area contributed by atoms with Gasteiger partial charge in [-0.15, -0.1) is 10.2 Å². The topological polar surface area (TPSA) is 102 Å². The molecule has 1 aliphatic heterocycles. The van der Waals surface area contributed by atoms with E-state index in [1.54, 1.807) is 14.0 Å². The van der Waals surface area contributed by atoms with Crippen molar-refractivity contribution in [3.8, 4) is 17.2 Å². The third-order valence-corrected chi connectivity index (χ3v) is 6.37. The Bertz CT molecular complexity index is 1070. The number of para-hydroxylation sites is 2. The predicted octanol–water partition coefficient (Wildman–Crippen LogP) is 2.16. The van der Waals surface area contributed by atoms with Crippen LogP contribution in [0.2, 0.25) is 0 Å². The monoisotopic (exact) mass is 404 g/mol. The van der Waals surface area contributed by atoms with Gasteiger partial charge in [-0.05, 0) is 12.1 Å². The lowest BCUT2D eigenvalue weighted by Gasteiger charge is -2.35. The van der Waals surface area contributed by atoms with Crippen molar-refractivity contribution in [1.82, 2.24) is 14.5 Å². The van der Waals surface area contributed by atoms with Gasteiger partial charge in [-0.25, -0.2) is 8.42 Å². The maximum Gasteiger partial charge on any atom is 0.276 e. The number of sulfonamides is 1. The van der Waals surface area contributed by atoms with Crippen molar-refractivity contribution in [2.75, 3.05) is 38.2 Å². The minimum Gasteiger partial charge on any atom is -0.495 e. The predicted molar refractivity (Wildman–Crippen MR) is 101 cm³/mol. The van der Waals surface area contributed by atoms with E-state index in [9.17, 15) is 8.42 Å². The molecule has 1 aliphatic rings. The second kappa shape index (κ2) is 7.28. The molecule has 28 heavy (non-hydrogen) atoms. The summed E-state index contributed by atoms with van der Waals surface area (Å²) in [6.07, 6.45) is 1.31. The number of methoxy groups -OCH3 is 1. The number of aromatic nitrogens is 2. The molecule has 9 nitrogen and oxygen atoms in total. The van der Waals surface area contributed by atoms with Gasteiger partial charge >= 0.3 is 0 Å². The maximum atomic E-state index is 12.9. The van der Waals surface area contributed by atoms with Crippen molar-refractivity contribution in [2.45, 2.75) is 12.0 Å². The highest BCUT2D eigenvalue weighted by molar-refractivity contribution is 7.89. The molecule has 4 rings (SSSR count). The molecule has 3 aromatic rings. The number of hydrogen-bond acceptors (Lipinski definition) is 8. The van der Waals surface area contributed by atoms with Gasteiger partial charge in [0.05, 0.1) is 18.4 Å². The average Bonchev–Trinajstić information content (AvgIpc) is 3.37. The van der Waals surface area contributed by atoms with Crippen molar-refractivity contribution in [3.05, 3.63) is 42.5 Å². The van der Waals surface area contributed by atoms with Crippen LogP contribution >= 0.6 is 0 Å². The average molecular weight is 404 g/mol. The van der Waals surface area contributed by atoms with Gasteiger partial charge < -0.3 is 18.5 Å². The highest BCUT2D eigenvalue weighted by atomic mass is 32.2. The van der Waals surface area contributed by atoms with Gasteiger partial charge in [0.2, 0.25) is 11.0 Å². The second-order valence-corrected chi connectivity index (χ2v) is 8.21. The maximum absolute atomic E-state index is 12.9. The Morgan fingerprint density at radius 3 is 2.54 bits per heavy atom. The van der Waals surface area contributed by atoms with E-state index >= 15 is 0 Å². The molecule has 1 saturated heterocycles. The van der Waals surface area contributed by atoms with Crippen LogP contribution in [0.4, 0.5) is 5.69 Å². The summed E-state index contributed by atoms with van der Waals surface area (Å²) in [4.78, 5) is 2.11. The van der Waals surface area contributed by atoms with Gasteiger partial charge in [0.15, 0.2) is 0 Å². The van der Waals surface area contributed by atoms with Gasteiger partial charge in [0.25, 0.3) is 15.9 Å². The molecule has 0 unspecified atom stereocenters. The van der Waals surface area contributed by atoms with Crippen LogP contribution in [0.5, 0.6) is 5.75 Å². The van der Waals surface area contributed by atoms with E-state index in [0.29, 0.717) is 37.6 Å². The van der Waals surface area contributed by atoms with E-state index in [-0.39, 0.29) is 11.0 Å². The summed E-state index contributed by atoms with van der Waals surface area (Å²) in [5.41, 5.74) is 1.39. The molecule has 0 aliphatic carbocycles. The first-order valence-electron chi connectivity index (χ1n) is 8.76. The van der Waals surface area contributed by atoms with Crippen LogP contribution in [-0.2, 0) is 10.0 Å². The Hall–Kier alpha value is -2.85. The molecule has 1 aromatic carbocycles. The van der Waals surface area contributed by atoms with E-state index in [4.69, 9.17) is 13.6 Å². The third kappa shape index (κ3) is 3.36. The van der Waals surface area contributed by atoms with Gasteiger partial charge in [0, 0.05) is 39.2 Å². The molecular formula is C18H20N4O5S. The van der Waals surface area contributed by atoms with Crippen molar-refractivity contribution in [3.63, 3.8) is 0 Å². The molecule has 0 radical (unpaired) electrons. The molecule has 148 valence electrons. The summed E-state index contributed by atoms with van der Waals surface area (Å²) < 4.78 is 43.3. The SMILES string of the molecule is COc1ccccc1N1CCN(S(=O)(=O)c2cc(-c3nnc(C)o3)co2)CC1. The van der Waals surface area contributed by atoms with E-state index in [1.165, 1.54) is 16.6 Å². The Balaban J connectivity index is 1.49. The van der Waals surface area contributed by atoms with E-state index in [2.05, 4.69) is 15.1 Å². The van der Waals surface area contributed by atoms with Gasteiger partial charge in [-0.1, -0.05) is 12.1 Å². The number of benzene rings is 1. The smallest absolute Gasteiger partial charge is 0.276 e. The Morgan fingerprint density at radius 2 is 1.86 bits per heavy atom. The molecule has 0 amide bonds. The van der Waals surface area contributed by atoms with Crippen molar-refractivity contribution >= 4 is 15.7 Å². The first kappa shape index (κ1) is 18.5. The first-order chi connectivity index (χ1) is 13.5. The van der Waals surface area contributed by atoms with Gasteiger partial charge in [-0.2, -0.15) is 4.31 Å². The highest BCUT2D eigenvalue weighted by Crippen LogP contribution is 2.30. The van der Waals surface area contributed by atoms with Crippen LogP contribution in [0, 0.1) is 6.92 Å². The molecule has 0 saturated carbocycles. The molecule has 3 heterocycles. The Morgan fingerprint density at radius 1 is 1.11 bits per heavy atom. The molecule has 10 heteroatoms. The standard InChI is InChI=1S/C18H20N4O5S/c1-13-19-20-18(27-13)14-11-17(26-12-14)28(23,24)22-9-7-21(8-10-22)15-5-3-4-6-16(15)25-2/h3-6,11-12H,7-10H2,1-2H3. The van der Waals surface area contributed by atoms with Crippen LogP contribution < -0.4 is 9.64 Å². The Kier molecular flexibility index (Phi) is 4.82. The number of furan rings is 1. The first-order valence-corrected chi connectivity index (χ1v) is 10.2. The normalized spacial score (nSPS) is 15.7. The van der Waals surface area contributed by atoms with Crippen LogP contribution in [0.25, 0.3) is 11.5 Å². The van der Waals surface area contributed by atoms with E-state index in [1.807, 2.05) is 24.3 Å². The summed E-state index contributed by atoms with van der Waals surface area (Å²) in [5, 5.41) is 7.49. The van der Waals surface area contributed by atoms with Crippen LogP contribution in [0.3, 0.4) is 0 Å². The molecule has 0 spiro atoms. The molecule has 2 aromatic heterocycles. The number of nitrogens with zero attached hydrogens (tertiary/aromatic N) is 4. The zero-order chi connectivity index (χ0) is 19.7. The number of anilines is 1. The fourth-order valence-electron chi connectivity index (χ4n) is 3.16. The molecule has 0 atom stereocenters.